The van der Waals surface area contributed by atoms with Gasteiger partial charge in [0.05, 0.1) is 23.6 Å². The lowest BCUT2D eigenvalue weighted by atomic mass is 10.1. The van der Waals surface area contributed by atoms with Gasteiger partial charge < -0.3 is 15.4 Å². The molecule has 2 heterocycles. The van der Waals surface area contributed by atoms with E-state index in [0.29, 0.717) is 17.4 Å². The van der Waals surface area contributed by atoms with Crippen molar-refractivity contribution in [1.29, 1.82) is 5.26 Å². The summed E-state index contributed by atoms with van der Waals surface area (Å²) in [5, 5.41) is 9.11. The minimum absolute atomic E-state index is 0.338. The highest BCUT2D eigenvalue weighted by Crippen LogP contribution is 2.23. The number of aromatic nitrogens is 1. The first kappa shape index (κ1) is 12.7. The third-order valence-electron chi connectivity index (χ3n) is 3.15. The predicted octanol–water partition coefficient (Wildman–Crippen LogP) is 1.54. The fourth-order valence-electron chi connectivity index (χ4n) is 2.28. The van der Waals surface area contributed by atoms with Gasteiger partial charge in [-0.3, -0.25) is 0 Å². The average Bonchev–Trinajstić information content (AvgIpc) is 2.40. The molecule has 0 amide bonds. The van der Waals surface area contributed by atoms with Gasteiger partial charge >= 0.3 is 0 Å². The lowest BCUT2D eigenvalue weighted by Gasteiger charge is -2.32. The van der Waals surface area contributed by atoms with E-state index in [0.717, 1.165) is 38.4 Å². The molecular formula is C13H18N4O. The number of hydrogen-bond acceptors (Lipinski definition) is 5. The molecule has 1 fully saturated rings. The van der Waals surface area contributed by atoms with Crippen LogP contribution in [0.2, 0.25) is 0 Å². The second-order valence-corrected chi connectivity index (χ2v) is 4.39. The molecule has 0 aromatic carbocycles. The molecule has 0 bridgehead atoms. The Morgan fingerprint density at radius 1 is 1.56 bits per heavy atom. The fourth-order valence-corrected chi connectivity index (χ4v) is 2.28. The second-order valence-electron chi connectivity index (χ2n) is 4.39. The van der Waals surface area contributed by atoms with Gasteiger partial charge in [-0.1, -0.05) is 0 Å². The van der Waals surface area contributed by atoms with Gasteiger partial charge in [0, 0.05) is 19.7 Å². The first-order valence-electron chi connectivity index (χ1n) is 6.26. The summed E-state index contributed by atoms with van der Waals surface area (Å²) in [6, 6.07) is 3.83. The Morgan fingerprint density at radius 2 is 2.28 bits per heavy atom. The van der Waals surface area contributed by atoms with Gasteiger partial charge in [-0.05, 0) is 25.8 Å². The third-order valence-corrected chi connectivity index (χ3v) is 3.15. The monoisotopic (exact) mass is 246 g/mol. The predicted molar refractivity (Wildman–Crippen MR) is 70.2 cm³/mol. The van der Waals surface area contributed by atoms with E-state index < -0.39 is 0 Å². The number of nitrogen functional groups attached to an aromatic ring is 1. The fraction of sp³-hybridized carbons (Fsp3) is 0.538. The van der Waals surface area contributed by atoms with Gasteiger partial charge in [0.1, 0.15) is 11.9 Å². The first-order valence-corrected chi connectivity index (χ1v) is 6.26. The molecule has 2 N–H and O–H groups in total. The quantitative estimate of drug-likeness (QED) is 0.875. The van der Waals surface area contributed by atoms with Crippen molar-refractivity contribution < 1.29 is 4.74 Å². The number of nitrogens with two attached hydrogens (primary N) is 1. The maximum atomic E-state index is 9.11. The number of nitriles is 1. The molecule has 1 aliphatic rings. The highest BCUT2D eigenvalue weighted by atomic mass is 16.5. The van der Waals surface area contributed by atoms with Crippen molar-refractivity contribution in [2.75, 3.05) is 30.3 Å². The number of hydrogen-bond donors (Lipinski definition) is 1. The van der Waals surface area contributed by atoms with Crippen LogP contribution in [-0.2, 0) is 4.74 Å². The molecule has 5 nitrogen and oxygen atoms in total. The highest BCUT2D eigenvalue weighted by Gasteiger charge is 2.22. The Bertz CT molecular complexity index is 447. The standard InChI is InChI=1S/C13H18N4O/c1-2-18-12-3-5-17(6-4-12)13-10(8-14)7-11(15)9-16-13/h7,9,12H,2-6,15H2,1H3. The topological polar surface area (TPSA) is 75.2 Å². The number of rotatable bonds is 3. The third kappa shape index (κ3) is 2.71. The van der Waals surface area contributed by atoms with E-state index in [9.17, 15) is 0 Å². The molecule has 1 aromatic heterocycles. The molecule has 0 atom stereocenters. The Balaban J connectivity index is 2.08. The highest BCUT2D eigenvalue weighted by molar-refractivity contribution is 5.59. The summed E-state index contributed by atoms with van der Waals surface area (Å²) < 4.78 is 5.61. The van der Waals surface area contributed by atoms with Crippen LogP contribution in [0.5, 0.6) is 0 Å². The van der Waals surface area contributed by atoms with E-state index in [-0.39, 0.29) is 0 Å². The molecule has 1 aromatic rings. The van der Waals surface area contributed by atoms with Crippen molar-refractivity contribution in [3.8, 4) is 6.07 Å². The zero-order valence-corrected chi connectivity index (χ0v) is 10.6. The lowest BCUT2D eigenvalue weighted by Crippen LogP contribution is -2.38. The first-order chi connectivity index (χ1) is 8.74. The van der Waals surface area contributed by atoms with E-state index in [1.165, 1.54) is 0 Å². The van der Waals surface area contributed by atoms with E-state index in [1.807, 2.05) is 6.92 Å². The van der Waals surface area contributed by atoms with E-state index in [2.05, 4.69) is 16.0 Å². The molecule has 1 saturated heterocycles. The number of ether oxygens (including phenoxy) is 1. The SMILES string of the molecule is CCOC1CCN(c2ncc(N)cc2C#N)CC1. The van der Waals surface area contributed by atoms with E-state index in [1.54, 1.807) is 12.3 Å². The zero-order valence-electron chi connectivity index (χ0n) is 10.6. The van der Waals surface area contributed by atoms with Gasteiger partial charge in [-0.15, -0.1) is 0 Å². The maximum absolute atomic E-state index is 9.11. The molecule has 0 radical (unpaired) electrons. The maximum Gasteiger partial charge on any atom is 0.146 e. The largest absolute Gasteiger partial charge is 0.397 e. The number of anilines is 2. The zero-order chi connectivity index (χ0) is 13.0. The molecule has 5 heteroatoms. The van der Waals surface area contributed by atoms with Crippen LogP contribution in [0.25, 0.3) is 0 Å². The van der Waals surface area contributed by atoms with E-state index >= 15 is 0 Å². The Morgan fingerprint density at radius 3 is 2.89 bits per heavy atom. The molecule has 0 unspecified atom stereocenters. The summed E-state index contributed by atoms with van der Waals surface area (Å²) >= 11 is 0. The van der Waals surface area contributed by atoms with Crippen molar-refractivity contribution in [2.45, 2.75) is 25.9 Å². The van der Waals surface area contributed by atoms with Gasteiger partial charge in [0.2, 0.25) is 0 Å². The van der Waals surface area contributed by atoms with Crippen molar-refractivity contribution in [2.24, 2.45) is 0 Å². The van der Waals surface area contributed by atoms with Crippen molar-refractivity contribution in [3.63, 3.8) is 0 Å². The van der Waals surface area contributed by atoms with Crippen LogP contribution in [0.1, 0.15) is 25.3 Å². The van der Waals surface area contributed by atoms with Gasteiger partial charge in [0.25, 0.3) is 0 Å². The van der Waals surface area contributed by atoms with Gasteiger partial charge in [-0.2, -0.15) is 5.26 Å². The van der Waals surface area contributed by atoms with Crippen LogP contribution in [0, 0.1) is 11.3 Å². The minimum atomic E-state index is 0.338. The molecular weight excluding hydrogens is 228 g/mol. The molecule has 96 valence electrons. The second kappa shape index (κ2) is 5.69. The number of piperidine rings is 1. The van der Waals surface area contributed by atoms with Crippen LogP contribution in [0.4, 0.5) is 11.5 Å². The summed E-state index contributed by atoms with van der Waals surface area (Å²) in [5.74, 6) is 0.738. The van der Waals surface area contributed by atoms with Crippen molar-refractivity contribution in [3.05, 3.63) is 17.8 Å². The average molecular weight is 246 g/mol. The molecule has 0 saturated carbocycles. The molecule has 1 aliphatic heterocycles. The summed E-state index contributed by atoms with van der Waals surface area (Å²) in [5.41, 5.74) is 6.72. The smallest absolute Gasteiger partial charge is 0.146 e. The molecule has 2 rings (SSSR count). The van der Waals surface area contributed by atoms with Crippen LogP contribution in [-0.4, -0.2) is 30.8 Å². The number of pyridine rings is 1. The number of nitrogens with zero attached hydrogens (tertiary/aromatic N) is 3. The molecule has 18 heavy (non-hydrogen) atoms. The van der Waals surface area contributed by atoms with Crippen molar-refractivity contribution in [1.82, 2.24) is 4.98 Å². The molecule has 0 aliphatic carbocycles. The Labute approximate surface area is 107 Å². The minimum Gasteiger partial charge on any atom is -0.397 e. The Kier molecular flexibility index (Phi) is 4.00. The molecule has 0 spiro atoms. The normalized spacial score (nSPS) is 16.6. The van der Waals surface area contributed by atoms with Crippen molar-refractivity contribution >= 4 is 11.5 Å². The van der Waals surface area contributed by atoms with Gasteiger partial charge in [0.15, 0.2) is 0 Å². The van der Waals surface area contributed by atoms with Crippen LogP contribution in [0.15, 0.2) is 12.3 Å². The van der Waals surface area contributed by atoms with Gasteiger partial charge in [-0.25, -0.2) is 4.98 Å². The Hall–Kier alpha value is -1.80. The van der Waals surface area contributed by atoms with Crippen LogP contribution < -0.4 is 10.6 Å². The van der Waals surface area contributed by atoms with Crippen LogP contribution in [0.3, 0.4) is 0 Å². The van der Waals surface area contributed by atoms with Crippen LogP contribution >= 0.6 is 0 Å². The summed E-state index contributed by atoms with van der Waals surface area (Å²) in [6.07, 6.45) is 3.89. The van der Waals surface area contributed by atoms with E-state index in [4.69, 9.17) is 15.7 Å². The summed E-state index contributed by atoms with van der Waals surface area (Å²) in [4.78, 5) is 6.41. The summed E-state index contributed by atoms with van der Waals surface area (Å²) in [7, 11) is 0. The lowest BCUT2D eigenvalue weighted by molar-refractivity contribution is 0.0458. The summed E-state index contributed by atoms with van der Waals surface area (Å²) in [6.45, 7) is 4.52.